The van der Waals surface area contributed by atoms with Crippen LogP contribution in [0.3, 0.4) is 0 Å². The van der Waals surface area contributed by atoms with Crippen LogP contribution in [0.1, 0.15) is 20.3 Å². The Morgan fingerprint density at radius 2 is 2.00 bits per heavy atom. The molecule has 5 nitrogen and oxygen atoms in total. The second-order valence-electron chi connectivity index (χ2n) is 4.48. The SMILES string of the molecule is CCCN(CC)CCNS(=O)(=O)c1cccc(F)c1N. The summed E-state index contributed by atoms with van der Waals surface area (Å²) in [5.74, 6) is -0.728. The van der Waals surface area contributed by atoms with Crippen LogP contribution in [0.25, 0.3) is 0 Å². The molecule has 1 rings (SSSR count). The Kier molecular flexibility index (Phi) is 6.38. The van der Waals surface area contributed by atoms with Crippen molar-refractivity contribution in [3.63, 3.8) is 0 Å². The number of para-hydroxylation sites is 1. The number of nitrogens with one attached hydrogen (secondary N) is 1. The highest BCUT2D eigenvalue weighted by atomic mass is 32.2. The van der Waals surface area contributed by atoms with Crippen LogP contribution < -0.4 is 10.5 Å². The minimum Gasteiger partial charge on any atom is -0.395 e. The molecule has 20 heavy (non-hydrogen) atoms. The number of hydrogen-bond donors (Lipinski definition) is 2. The maximum atomic E-state index is 13.3. The fourth-order valence-electron chi connectivity index (χ4n) is 1.91. The van der Waals surface area contributed by atoms with E-state index in [1.807, 2.05) is 6.92 Å². The van der Waals surface area contributed by atoms with Gasteiger partial charge in [-0.3, -0.25) is 0 Å². The fraction of sp³-hybridized carbons (Fsp3) is 0.538. The summed E-state index contributed by atoms with van der Waals surface area (Å²) in [5, 5.41) is 0. The van der Waals surface area contributed by atoms with Crippen molar-refractivity contribution >= 4 is 15.7 Å². The second kappa shape index (κ2) is 7.56. The van der Waals surface area contributed by atoms with Crippen molar-refractivity contribution in [3.8, 4) is 0 Å². The first-order chi connectivity index (χ1) is 9.42. The van der Waals surface area contributed by atoms with Crippen LogP contribution in [-0.4, -0.2) is 39.5 Å². The number of nitrogens with zero attached hydrogens (tertiary/aromatic N) is 1. The summed E-state index contributed by atoms with van der Waals surface area (Å²) in [6.07, 6.45) is 1.01. The molecule has 0 saturated carbocycles. The van der Waals surface area contributed by atoms with Gasteiger partial charge in [-0.2, -0.15) is 0 Å². The number of nitrogen functional groups attached to an aromatic ring is 1. The summed E-state index contributed by atoms with van der Waals surface area (Å²) in [7, 11) is -3.77. The molecular weight excluding hydrogens is 281 g/mol. The van der Waals surface area contributed by atoms with E-state index < -0.39 is 15.8 Å². The number of likely N-dealkylation sites (N-methyl/N-ethyl adjacent to an activating group) is 1. The Bertz CT molecular complexity index is 534. The van der Waals surface area contributed by atoms with Gasteiger partial charge in [-0.1, -0.05) is 19.9 Å². The number of sulfonamides is 1. The molecule has 0 radical (unpaired) electrons. The maximum Gasteiger partial charge on any atom is 0.242 e. The highest BCUT2D eigenvalue weighted by Gasteiger charge is 2.19. The van der Waals surface area contributed by atoms with E-state index in [0.717, 1.165) is 25.6 Å². The standard InChI is InChI=1S/C13H22FN3O2S/c1-3-9-17(4-2)10-8-16-20(18,19)12-7-5-6-11(14)13(12)15/h5-7,16H,3-4,8-10,15H2,1-2H3. The Balaban J connectivity index is 2.69. The van der Waals surface area contributed by atoms with Gasteiger partial charge in [0.15, 0.2) is 0 Å². The van der Waals surface area contributed by atoms with Crippen molar-refractivity contribution in [2.45, 2.75) is 25.2 Å². The average Bonchev–Trinajstić information content (AvgIpc) is 2.40. The topological polar surface area (TPSA) is 75.4 Å². The van der Waals surface area contributed by atoms with Crippen LogP contribution in [-0.2, 0) is 10.0 Å². The minimum atomic E-state index is -3.77. The quantitative estimate of drug-likeness (QED) is 0.712. The van der Waals surface area contributed by atoms with Crippen LogP contribution in [0.15, 0.2) is 23.1 Å². The fourth-order valence-corrected chi connectivity index (χ4v) is 3.07. The van der Waals surface area contributed by atoms with E-state index in [-0.39, 0.29) is 17.1 Å². The molecule has 0 unspecified atom stereocenters. The average molecular weight is 303 g/mol. The first-order valence-electron chi connectivity index (χ1n) is 6.68. The number of rotatable bonds is 8. The smallest absolute Gasteiger partial charge is 0.242 e. The zero-order valence-corrected chi connectivity index (χ0v) is 12.7. The predicted octanol–water partition coefficient (Wildman–Crippen LogP) is 1.42. The third-order valence-electron chi connectivity index (χ3n) is 3.01. The predicted molar refractivity (Wildman–Crippen MR) is 78.4 cm³/mol. The molecule has 3 N–H and O–H groups in total. The summed E-state index contributed by atoms with van der Waals surface area (Å²) >= 11 is 0. The molecule has 0 aliphatic carbocycles. The van der Waals surface area contributed by atoms with E-state index in [9.17, 15) is 12.8 Å². The number of hydrogen-bond acceptors (Lipinski definition) is 4. The molecule has 0 aromatic heterocycles. The molecule has 0 fully saturated rings. The van der Waals surface area contributed by atoms with Crippen molar-refractivity contribution in [2.75, 3.05) is 31.9 Å². The summed E-state index contributed by atoms with van der Waals surface area (Å²) in [6, 6.07) is 3.76. The highest BCUT2D eigenvalue weighted by molar-refractivity contribution is 7.89. The zero-order valence-electron chi connectivity index (χ0n) is 11.9. The lowest BCUT2D eigenvalue weighted by atomic mass is 10.3. The lowest BCUT2D eigenvalue weighted by Gasteiger charge is -2.19. The lowest BCUT2D eigenvalue weighted by molar-refractivity contribution is 0.293. The molecule has 0 bridgehead atoms. The third-order valence-corrected chi connectivity index (χ3v) is 4.53. The second-order valence-corrected chi connectivity index (χ2v) is 6.22. The first-order valence-corrected chi connectivity index (χ1v) is 8.16. The number of anilines is 1. The van der Waals surface area contributed by atoms with E-state index in [4.69, 9.17) is 5.73 Å². The normalized spacial score (nSPS) is 12.0. The molecule has 0 aliphatic heterocycles. The Morgan fingerprint density at radius 3 is 2.60 bits per heavy atom. The van der Waals surface area contributed by atoms with E-state index in [0.29, 0.717) is 6.54 Å². The van der Waals surface area contributed by atoms with Gasteiger partial charge in [-0.15, -0.1) is 0 Å². The van der Waals surface area contributed by atoms with Gasteiger partial charge in [-0.25, -0.2) is 17.5 Å². The summed E-state index contributed by atoms with van der Waals surface area (Å²) in [6.45, 7) is 6.75. The molecule has 0 aliphatic rings. The van der Waals surface area contributed by atoms with Gasteiger partial charge in [0.2, 0.25) is 10.0 Å². The van der Waals surface area contributed by atoms with Gasteiger partial charge < -0.3 is 10.6 Å². The van der Waals surface area contributed by atoms with Crippen molar-refractivity contribution in [2.24, 2.45) is 0 Å². The Labute approximate surface area is 120 Å². The van der Waals surface area contributed by atoms with Crippen molar-refractivity contribution in [3.05, 3.63) is 24.0 Å². The summed E-state index contributed by atoms with van der Waals surface area (Å²) in [4.78, 5) is 1.92. The summed E-state index contributed by atoms with van der Waals surface area (Å²) in [5.41, 5.74) is 5.12. The highest BCUT2D eigenvalue weighted by Crippen LogP contribution is 2.20. The van der Waals surface area contributed by atoms with Gasteiger partial charge in [0.1, 0.15) is 10.7 Å². The van der Waals surface area contributed by atoms with E-state index >= 15 is 0 Å². The van der Waals surface area contributed by atoms with E-state index in [2.05, 4.69) is 16.5 Å². The molecule has 1 aromatic rings. The van der Waals surface area contributed by atoms with Crippen LogP contribution in [0.2, 0.25) is 0 Å². The largest absolute Gasteiger partial charge is 0.395 e. The maximum absolute atomic E-state index is 13.3. The van der Waals surface area contributed by atoms with Crippen molar-refractivity contribution in [1.82, 2.24) is 9.62 Å². The van der Waals surface area contributed by atoms with Gasteiger partial charge in [-0.05, 0) is 31.6 Å². The lowest BCUT2D eigenvalue weighted by Crippen LogP contribution is -2.35. The monoisotopic (exact) mass is 303 g/mol. The molecule has 0 heterocycles. The third kappa shape index (κ3) is 4.43. The number of benzene rings is 1. The number of nitrogens with two attached hydrogens (primary N) is 1. The van der Waals surface area contributed by atoms with Gasteiger partial charge in [0.25, 0.3) is 0 Å². The molecule has 0 spiro atoms. The van der Waals surface area contributed by atoms with Gasteiger partial charge in [0.05, 0.1) is 5.69 Å². The number of halogens is 1. The molecule has 1 aromatic carbocycles. The molecule has 7 heteroatoms. The summed E-state index contributed by atoms with van der Waals surface area (Å²) < 4.78 is 39.9. The first kappa shape index (κ1) is 16.9. The molecule has 0 atom stereocenters. The van der Waals surface area contributed by atoms with Gasteiger partial charge in [0, 0.05) is 13.1 Å². The zero-order chi connectivity index (χ0) is 15.2. The molecule has 0 amide bonds. The van der Waals surface area contributed by atoms with Crippen LogP contribution in [0, 0.1) is 5.82 Å². The van der Waals surface area contributed by atoms with Crippen LogP contribution >= 0.6 is 0 Å². The Morgan fingerprint density at radius 1 is 1.30 bits per heavy atom. The Hall–Kier alpha value is -1.18. The van der Waals surface area contributed by atoms with Crippen molar-refractivity contribution in [1.29, 1.82) is 0 Å². The van der Waals surface area contributed by atoms with Crippen molar-refractivity contribution < 1.29 is 12.8 Å². The van der Waals surface area contributed by atoms with Crippen LogP contribution in [0.4, 0.5) is 10.1 Å². The minimum absolute atomic E-state index is 0.212. The van der Waals surface area contributed by atoms with Gasteiger partial charge >= 0.3 is 0 Å². The molecule has 114 valence electrons. The van der Waals surface area contributed by atoms with Crippen LogP contribution in [0.5, 0.6) is 0 Å². The molecular formula is C13H22FN3O2S. The van der Waals surface area contributed by atoms with E-state index in [1.165, 1.54) is 12.1 Å². The van der Waals surface area contributed by atoms with E-state index in [1.54, 1.807) is 0 Å². The molecule has 0 saturated heterocycles.